The number of urea groups is 1. The molecule has 0 bridgehead atoms. The van der Waals surface area contributed by atoms with Gasteiger partial charge in [0.1, 0.15) is 13.1 Å². The molecule has 1 heterocycles. The summed E-state index contributed by atoms with van der Waals surface area (Å²) in [5.41, 5.74) is 0.503. The topological polar surface area (TPSA) is 94.6 Å². The first kappa shape index (κ1) is 29.9. The Labute approximate surface area is 218 Å². The predicted octanol–water partition coefficient (Wildman–Crippen LogP) is 2.61. The average Bonchev–Trinajstić information content (AvgIpc) is 2.97. The number of amides is 2. The Morgan fingerprint density at radius 2 is 1.63 bits per heavy atom. The normalized spacial score (nSPS) is 17.3. The van der Waals surface area contributed by atoms with Crippen molar-refractivity contribution in [2.75, 3.05) is 73.9 Å². The minimum absolute atomic E-state index is 0.0766. The van der Waals surface area contributed by atoms with Gasteiger partial charge in [-0.1, -0.05) is 17.7 Å². The molecule has 0 radical (unpaired) electrons. The van der Waals surface area contributed by atoms with Crippen molar-refractivity contribution in [3.05, 3.63) is 29.8 Å². The Morgan fingerprint density at radius 1 is 1.06 bits per heavy atom. The van der Waals surface area contributed by atoms with Crippen molar-refractivity contribution in [3.8, 4) is 0 Å². The molecule has 1 aliphatic heterocycles. The van der Waals surface area contributed by atoms with Crippen LogP contribution in [-0.2, 0) is 28.5 Å². The lowest BCUT2D eigenvalue weighted by atomic mass is 10.1. The summed E-state index contributed by atoms with van der Waals surface area (Å²) < 4.78 is 49.7. The van der Waals surface area contributed by atoms with Crippen molar-refractivity contribution in [2.24, 2.45) is 0 Å². The molecule has 1 atom stereocenters. The second-order valence-electron chi connectivity index (χ2n) is 9.79. The number of likely N-dealkylation sites (N-methyl/N-ethyl adjacent to an activating group) is 1. The van der Waals surface area contributed by atoms with Crippen LogP contribution in [0.1, 0.15) is 19.4 Å². The van der Waals surface area contributed by atoms with Gasteiger partial charge in [-0.05, 0) is 32.9 Å². The molecule has 0 N–H and O–H groups in total. The third kappa shape index (κ3) is 8.66. The van der Waals surface area contributed by atoms with Crippen LogP contribution in [0.15, 0.2) is 29.2 Å². The second-order valence-corrected chi connectivity index (χ2v) is 12.1. The SMILES string of the molecule is COCCOCCOCC[N+](C)(C)C(CN1CC(C)(C)N(Br)C1=O)OS(=O)(=O)c1ccc(C)cc1. The zero-order valence-corrected chi connectivity index (χ0v) is 23.9. The minimum atomic E-state index is -4.06. The zero-order chi connectivity index (χ0) is 26.3. The third-order valence-corrected chi connectivity index (χ3v) is 8.46. The number of hydrogen-bond donors (Lipinski definition) is 0. The highest BCUT2D eigenvalue weighted by Gasteiger charge is 2.46. The van der Waals surface area contributed by atoms with Crippen LogP contribution in [0.4, 0.5) is 4.79 Å². The molecule has 200 valence electrons. The highest BCUT2D eigenvalue weighted by molar-refractivity contribution is 9.07. The summed E-state index contributed by atoms with van der Waals surface area (Å²) in [6.07, 6.45) is -0.846. The molecule has 0 aromatic heterocycles. The van der Waals surface area contributed by atoms with Gasteiger partial charge < -0.3 is 19.1 Å². The maximum atomic E-state index is 13.1. The summed E-state index contributed by atoms with van der Waals surface area (Å²) >= 11 is 3.33. The molecule has 0 saturated carbocycles. The monoisotopic (exact) mass is 580 g/mol. The van der Waals surface area contributed by atoms with Crippen LogP contribution in [0.5, 0.6) is 0 Å². The molecule has 1 aromatic rings. The molecule has 0 spiro atoms. The van der Waals surface area contributed by atoms with Gasteiger partial charge in [0.05, 0.1) is 73.7 Å². The van der Waals surface area contributed by atoms with Gasteiger partial charge in [-0.25, -0.2) is 8.98 Å². The first-order chi connectivity index (χ1) is 16.3. The van der Waals surface area contributed by atoms with Crippen LogP contribution in [0, 0.1) is 6.92 Å². The van der Waals surface area contributed by atoms with Crippen LogP contribution in [0.2, 0.25) is 0 Å². The number of benzene rings is 1. The van der Waals surface area contributed by atoms with E-state index < -0.39 is 21.9 Å². The molecule has 35 heavy (non-hydrogen) atoms. The van der Waals surface area contributed by atoms with E-state index in [1.807, 2.05) is 34.9 Å². The fourth-order valence-corrected chi connectivity index (χ4v) is 5.00. The van der Waals surface area contributed by atoms with Crippen LogP contribution >= 0.6 is 16.1 Å². The van der Waals surface area contributed by atoms with Crippen LogP contribution in [0.3, 0.4) is 0 Å². The number of nitrogens with zero attached hydrogens (tertiary/aromatic N) is 3. The number of halogens is 1. The lowest BCUT2D eigenvalue weighted by Crippen LogP contribution is -2.57. The van der Waals surface area contributed by atoms with Crippen LogP contribution in [-0.4, -0.2) is 113 Å². The quantitative estimate of drug-likeness (QED) is 0.103. The van der Waals surface area contributed by atoms with Crippen molar-refractivity contribution in [1.82, 2.24) is 8.83 Å². The number of rotatable bonds is 15. The van der Waals surface area contributed by atoms with E-state index in [1.165, 1.54) is 16.1 Å². The lowest BCUT2D eigenvalue weighted by molar-refractivity contribution is -0.932. The maximum Gasteiger partial charge on any atom is 0.330 e. The third-order valence-electron chi connectivity index (χ3n) is 5.87. The van der Waals surface area contributed by atoms with Gasteiger partial charge in [-0.3, -0.25) is 8.41 Å². The Kier molecular flexibility index (Phi) is 10.9. The Balaban J connectivity index is 2.11. The van der Waals surface area contributed by atoms with Crippen molar-refractivity contribution in [1.29, 1.82) is 0 Å². The minimum Gasteiger partial charge on any atom is -0.382 e. The number of methoxy groups -OCH3 is 1. The molecule has 12 heteroatoms. The standard InChI is InChI=1S/C23H39BrN3O7S/c1-19-7-9-20(10-8-19)35(29,30)34-21(17-25-18-23(2,3)26(24)22(25)28)27(4,5)11-12-32-15-16-33-14-13-31-6/h7-10,21H,11-18H2,1-6H3/q+1. The fourth-order valence-electron chi connectivity index (χ4n) is 3.49. The largest absolute Gasteiger partial charge is 0.382 e. The summed E-state index contributed by atoms with van der Waals surface area (Å²) in [6.45, 7) is 8.99. The number of quaternary nitrogens is 1. The molecule has 1 saturated heterocycles. The van der Waals surface area contributed by atoms with Gasteiger partial charge in [0, 0.05) is 13.7 Å². The van der Waals surface area contributed by atoms with Gasteiger partial charge in [0.2, 0.25) is 6.23 Å². The summed E-state index contributed by atoms with van der Waals surface area (Å²) in [5, 5.41) is 0. The van der Waals surface area contributed by atoms with Gasteiger partial charge in [-0.15, -0.1) is 0 Å². The number of aryl methyl sites for hydroxylation is 1. The number of carbonyl (C=O) groups excluding carboxylic acids is 1. The summed E-state index contributed by atoms with van der Waals surface area (Å²) in [6, 6.07) is 6.27. The average molecular weight is 582 g/mol. The fraction of sp³-hybridized carbons (Fsp3) is 0.696. The van der Waals surface area contributed by atoms with E-state index in [4.69, 9.17) is 18.4 Å². The molecular formula is C23H39BrN3O7S+. The number of carbonyl (C=O) groups is 1. The Bertz CT molecular complexity index is 926. The second kappa shape index (κ2) is 12.8. The Hall–Kier alpha value is -1.28. The van der Waals surface area contributed by atoms with E-state index in [0.717, 1.165) is 5.56 Å². The van der Waals surface area contributed by atoms with Crippen molar-refractivity contribution in [3.63, 3.8) is 0 Å². The Morgan fingerprint density at radius 3 is 2.17 bits per heavy atom. The first-order valence-electron chi connectivity index (χ1n) is 11.5. The van der Waals surface area contributed by atoms with Gasteiger partial charge in [0.15, 0.2) is 0 Å². The van der Waals surface area contributed by atoms with E-state index in [1.54, 1.807) is 24.1 Å². The number of ether oxygens (including phenoxy) is 3. The molecule has 1 aliphatic rings. The molecule has 0 aliphatic carbocycles. The highest BCUT2D eigenvalue weighted by Crippen LogP contribution is 2.30. The van der Waals surface area contributed by atoms with E-state index in [-0.39, 0.29) is 22.0 Å². The van der Waals surface area contributed by atoms with Crippen molar-refractivity contribution >= 4 is 32.3 Å². The van der Waals surface area contributed by atoms with Crippen LogP contribution in [0.25, 0.3) is 0 Å². The summed E-state index contributed by atoms with van der Waals surface area (Å²) in [5.74, 6) is 0. The van der Waals surface area contributed by atoms with Gasteiger partial charge in [0.25, 0.3) is 0 Å². The molecule has 1 fully saturated rings. The molecule has 10 nitrogen and oxygen atoms in total. The predicted molar refractivity (Wildman–Crippen MR) is 136 cm³/mol. The molecular weight excluding hydrogens is 542 g/mol. The maximum absolute atomic E-state index is 13.1. The van der Waals surface area contributed by atoms with Gasteiger partial charge >= 0.3 is 16.1 Å². The van der Waals surface area contributed by atoms with Crippen LogP contribution < -0.4 is 0 Å². The lowest BCUT2D eigenvalue weighted by Gasteiger charge is -2.38. The van der Waals surface area contributed by atoms with E-state index >= 15 is 0 Å². The first-order valence-corrected chi connectivity index (χ1v) is 13.6. The smallest absolute Gasteiger partial charge is 0.330 e. The summed E-state index contributed by atoms with van der Waals surface area (Å²) in [7, 11) is 1.29. The van der Waals surface area contributed by atoms with E-state index in [0.29, 0.717) is 46.1 Å². The zero-order valence-electron chi connectivity index (χ0n) is 21.5. The van der Waals surface area contributed by atoms with E-state index in [2.05, 4.69) is 16.1 Å². The van der Waals surface area contributed by atoms with Crippen molar-refractivity contribution in [2.45, 2.75) is 37.4 Å². The molecule has 2 amide bonds. The van der Waals surface area contributed by atoms with Crippen molar-refractivity contribution < 1.29 is 36.1 Å². The highest BCUT2D eigenvalue weighted by atomic mass is 79.9. The molecule has 1 unspecified atom stereocenters. The summed E-state index contributed by atoms with van der Waals surface area (Å²) in [4.78, 5) is 14.5. The molecule has 1 aromatic carbocycles. The van der Waals surface area contributed by atoms with Gasteiger partial charge in [-0.2, -0.15) is 8.42 Å². The molecule has 2 rings (SSSR count). The number of hydrogen-bond acceptors (Lipinski definition) is 7. The van der Waals surface area contributed by atoms with E-state index in [9.17, 15) is 13.2 Å².